The fourth-order valence-corrected chi connectivity index (χ4v) is 3.28. The Kier molecular flexibility index (Phi) is 5.16. The number of carbonyl (C=O) groups excluding carboxylic acids is 1. The topological polar surface area (TPSA) is 58.4 Å². The molecule has 1 unspecified atom stereocenters. The Balaban J connectivity index is 1.60. The zero-order valence-corrected chi connectivity index (χ0v) is 14.2. The summed E-state index contributed by atoms with van der Waals surface area (Å²) in [6.45, 7) is 5.64. The molecule has 2 aromatic carbocycles. The van der Waals surface area contributed by atoms with Gasteiger partial charge in [0.2, 0.25) is 0 Å². The van der Waals surface area contributed by atoms with Crippen LogP contribution in [-0.2, 0) is 6.54 Å². The van der Waals surface area contributed by atoms with Crippen molar-refractivity contribution < 1.29 is 4.79 Å². The third kappa shape index (κ3) is 4.15. The molecular weight excluding hydrogens is 298 g/mol. The molecule has 1 aliphatic heterocycles. The number of amides is 1. The SMILES string of the molecule is CC1CCCN(Cc2ccc(NC(=O)c3ccccc3N)cc2)C1. The predicted molar refractivity (Wildman–Crippen MR) is 98.9 cm³/mol. The number of hydrogen-bond donors (Lipinski definition) is 2. The molecule has 3 N–H and O–H groups in total. The number of benzene rings is 2. The first kappa shape index (κ1) is 16.5. The van der Waals surface area contributed by atoms with E-state index in [-0.39, 0.29) is 5.91 Å². The molecule has 4 heteroatoms. The summed E-state index contributed by atoms with van der Waals surface area (Å²) in [5.41, 5.74) is 8.91. The number of nitrogens with two attached hydrogens (primary N) is 1. The van der Waals surface area contributed by atoms with Crippen molar-refractivity contribution in [2.24, 2.45) is 5.92 Å². The van der Waals surface area contributed by atoms with Crippen LogP contribution in [0.5, 0.6) is 0 Å². The smallest absolute Gasteiger partial charge is 0.257 e. The van der Waals surface area contributed by atoms with Crippen LogP contribution in [0.3, 0.4) is 0 Å². The van der Waals surface area contributed by atoms with Crippen molar-refractivity contribution >= 4 is 17.3 Å². The van der Waals surface area contributed by atoms with Crippen LogP contribution in [0.1, 0.15) is 35.7 Å². The summed E-state index contributed by atoms with van der Waals surface area (Å²) in [7, 11) is 0. The number of anilines is 2. The van der Waals surface area contributed by atoms with Gasteiger partial charge in [-0.3, -0.25) is 9.69 Å². The third-order valence-corrected chi connectivity index (χ3v) is 4.56. The summed E-state index contributed by atoms with van der Waals surface area (Å²) in [4.78, 5) is 14.8. The molecule has 0 saturated carbocycles. The number of carbonyl (C=O) groups is 1. The first-order valence-corrected chi connectivity index (χ1v) is 8.59. The highest BCUT2D eigenvalue weighted by Crippen LogP contribution is 2.19. The van der Waals surface area contributed by atoms with Gasteiger partial charge in [-0.1, -0.05) is 31.2 Å². The van der Waals surface area contributed by atoms with Gasteiger partial charge in [-0.25, -0.2) is 0 Å². The van der Waals surface area contributed by atoms with Crippen molar-refractivity contribution in [3.8, 4) is 0 Å². The van der Waals surface area contributed by atoms with E-state index >= 15 is 0 Å². The van der Waals surface area contributed by atoms with Crippen LogP contribution < -0.4 is 11.1 Å². The first-order chi connectivity index (χ1) is 11.6. The van der Waals surface area contributed by atoms with Gasteiger partial charge in [-0.15, -0.1) is 0 Å². The van der Waals surface area contributed by atoms with Crippen LogP contribution in [-0.4, -0.2) is 23.9 Å². The summed E-state index contributed by atoms with van der Waals surface area (Å²) < 4.78 is 0. The lowest BCUT2D eigenvalue weighted by Gasteiger charge is -2.30. The van der Waals surface area contributed by atoms with E-state index in [0.29, 0.717) is 11.3 Å². The minimum absolute atomic E-state index is 0.175. The van der Waals surface area contributed by atoms with Gasteiger partial charge in [0.25, 0.3) is 5.91 Å². The van der Waals surface area contributed by atoms with Gasteiger partial charge in [0.05, 0.1) is 5.56 Å². The van der Waals surface area contributed by atoms with Crippen molar-refractivity contribution in [2.75, 3.05) is 24.1 Å². The highest BCUT2D eigenvalue weighted by Gasteiger charge is 2.16. The van der Waals surface area contributed by atoms with Crippen LogP contribution in [0.25, 0.3) is 0 Å². The minimum Gasteiger partial charge on any atom is -0.398 e. The van der Waals surface area contributed by atoms with Crippen LogP contribution in [0, 0.1) is 5.92 Å². The van der Waals surface area contributed by atoms with E-state index in [1.54, 1.807) is 12.1 Å². The fraction of sp³-hybridized carbons (Fsp3) is 0.350. The molecule has 0 radical (unpaired) electrons. The number of hydrogen-bond acceptors (Lipinski definition) is 3. The molecule has 24 heavy (non-hydrogen) atoms. The Labute approximate surface area is 143 Å². The molecule has 0 spiro atoms. The summed E-state index contributed by atoms with van der Waals surface area (Å²) in [6.07, 6.45) is 2.62. The molecule has 3 rings (SSSR count). The first-order valence-electron chi connectivity index (χ1n) is 8.59. The lowest BCUT2D eigenvalue weighted by Crippen LogP contribution is -2.33. The average Bonchev–Trinajstić information content (AvgIpc) is 2.57. The van der Waals surface area contributed by atoms with Crippen LogP contribution in [0.4, 0.5) is 11.4 Å². The maximum Gasteiger partial charge on any atom is 0.257 e. The maximum atomic E-state index is 12.3. The molecule has 1 amide bonds. The zero-order valence-electron chi connectivity index (χ0n) is 14.2. The highest BCUT2D eigenvalue weighted by atomic mass is 16.1. The summed E-state index contributed by atoms with van der Waals surface area (Å²) in [5.74, 6) is 0.611. The number of piperidine rings is 1. The second-order valence-electron chi connectivity index (χ2n) is 6.72. The normalized spacial score (nSPS) is 18.3. The summed E-state index contributed by atoms with van der Waals surface area (Å²) in [5, 5.41) is 2.90. The highest BCUT2D eigenvalue weighted by molar-refractivity contribution is 6.07. The second-order valence-corrected chi connectivity index (χ2v) is 6.72. The molecule has 126 valence electrons. The molecule has 1 aliphatic rings. The zero-order chi connectivity index (χ0) is 16.9. The fourth-order valence-electron chi connectivity index (χ4n) is 3.28. The molecule has 1 heterocycles. The molecule has 0 aliphatic carbocycles. The molecule has 1 fully saturated rings. The lowest BCUT2D eigenvalue weighted by atomic mass is 10.00. The number of nitrogens with one attached hydrogen (secondary N) is 1. The van der Waals surface area contributed by atoms with E-state index in [2.05, 4.69) is 29.3 Å². The average molecular weight is 323 g/mol. The number of likely N-dealkylation sites (tertiary alicyclic amines) is 1. The van der Waals surface area contributed by atoms with Gasteiger partial charge in [-0.05, 0) is 55.1 Å². The van der Waals surface area contributed by atoms with Crippen molar-refractivity contribution in [1.82, 2.24) is 4.90 Å². The van der Waals surface area contributed by atoms with Gasteiger partial charge in [0, 0.05) is 24.5 Å². The van der Waals surface area contributed by atoms with E-state index in [0.717, 1.165) is 18.2 Å². The second kappa shape index (κ2) is 7.49. The molecule has 0 aromatic heterocycles. The van der Waals surface area contributed by atoms with E-state index in [1.165, 1.54) is 31.5 Å². The quantitative estimate of drug-likeness (QED) is 0.843. The van der Waals surface area contributed by atoms with Crippen LogP contribution in [0.15, 0.2) is 48.5 Å². The van der Waals surface area contributed by atoms with Crippen molar-refractivity contribution in [3.05, 3.63) is 59.7 Å². The Bertz CT molecular complexity index is 696. The van der Waals surface area contributed by atoms with Crippen LogP contribution >= 0.6 is 0 Å². The largest absolute Gasteiger partial charge is 0.398 e. The number of nitrogens with zero attached hydrogens (tertiary/aromatic N) is 1. The lowest BCUT2D eigenvalue weighted by molar-refractivity contribution is 0.102. The Morgan fingerprint density at radius 1 is 1.21 bits per heavy atom. The van der Waals surface area contributed by atoms with E-state index in [1.807, 2.05) is 24.3 Å². The van der Waals surface area contributed by atoms with Gasteiger partial charge in [-0.2, -0.15) is 0 Å². The Morgan fingerprint density at radius 2 is 1.96 bits per heavy atom. The monoisotopic (exact) mass is 323 g/mol. The molecule has 1 saturated heterocycles. The summed E-state index contributed by atoms with van der Waals surface area (Å²) in [6, 6.07) is 15.2. The minimum atomic E-state index is -0.175. The third-order valence-electron chi connectivity index (χ3n) is 4.56. The van der Waals surface area contributed by atoms with E-state index in [4.69, 9.17) is 5.73 Å². The van der Waals surface area contributed by atoms with Gasteiger partial charge in [0.1, 0.15) is 0 Å². The van der Waals surface area contributed by atoms with Crippen molar-refractivity contribution in [1.29, 1.82) is 0 Å². The van der Waals surface area contributed by atoms with E-state index in [9.17, 15) is 4.79 Å². The maximum absolute atomic E-state index is 12.3. The van der Waals surface area contributed by atoms with E-state index < -0.39 is 0 Å². The molecule has 4 nitrogen and oxygen atoms in total. The Morgan fingerprint density at radius 3 is 2.67 bits per heavy atom. The van der Waals surface area contributed by atoms with Gasteiger partial charge < -0.3 is 11.1 Å². The molecule has 0 bridgehead atoms. The number of rotatable bonds is 4. The standard InChI is InChI=1S/C20H25N3O/c1-15-5-4-12-23(13-15)14-16-8-10-17(11-9-16)22-20(24)18-6-2-3-7-19(18)21/h2-3,6-11,15H,4-5,12-14,21H2,1H3,(H,22,24). The predicted octanol–water partition coefficient (Wildman–Crippen LogP) is 3.75. The van der Waals surface area contributed by atoms with Gasteiger partial charge >= 0.3 is 0 Å². The summed E-state index contributed by atoms with van der Waals surface area (Å²) >= 11 is 0. The van der Waals surface area contributed by atoms with Crippen molar-refractivity contribution in [3.63, 3.8) is 0 Å². The molecule has 2 aromatic rings. The van der Waals surface area contributed by atoms with Crippen LogP contribution in [0.2, 0.25) is 0 Å². The number of nitrogen functional groups attached to an aromatic ring is 1. The number of para-hydroxylation sites is 1. The molecule has 1 atom stereocenters. The Hall–Kier alpha value is -2.33. The molecular formula is C20H25N3O. The van der Waals surface area contributed by atoms with Crippen molar-refractivity contribution in [2.45, 2.75) is 26.3 Å². The van der Waals surface area contributed by atoms with Gasteiger partial charge in [0.15, 0.2) is 0 Å².